The molecule has 84 valence electrons. The Morgan fingerprint density at radius 2 is 2.06 bits per heavy atom. The summed E-state index contributed by atoms with van der Waals surface area (Å²) in [5.41, 5.74) is 1.26. The lowest BCUT2D eigenvalue weighted by molar-refractivity contribution is 0.451. The minimum absolute atomic E-state index is 0.146. The molecule has 2 rings (SSSR count). The molecule has 1 unspecified atom stereocenters. The van der Waals surface area contributed by atoms with Crippen LogP contribution in [0, 0.1) is 3.57 Å². The third-order valence-electron chi connectivity index (χ3n) is 2.45. The van der Waals surface area contributed by atoms with Gasteiger partial charge in [-0.15, -0.1) is 0 Å². The SMILES string of the molecule is CCNC(c1ccco1)c1ccccc1I. The van der Waals surface area contributed by atoms with Gasteiger partial charge in [0.05, 0.1) is 12.3 Å². The highest BCUT2D eigenvalue weighted by Crippen LogP contribution is 2.26. The molecule has 2 aromatic rings. The summed E-state index contributed by atoms with van der Waals surface area (Å²) in [5.74, 6) is 0.964. The van der Waals surface area contributed by atoms with Crippen molar-refractivity contribution < 1.29 is 4.42 Å². The Morgan fingerprint density at radius 3 is 2.69 bits per heavy atom. The van der Waals surface area contributed by atoms with Crippen LogP contribution in [-0.4, -0.2) is 6.54 Å². The van der Waals surface area contributed by atoms with Crippen molar-refractivity contribution in [1.29, 1.82) is 0 Å². The van der Waals surface area contributed by atoms with Crippen molar-refractivity contribution in [2.45, 2.75) is 13.0 Å². The fourth-order valence-corrected chi connectivity index (χ4v) is 2.43. The topological polar surface area (TPSA) is 25.2 Å². The lowest BCUT2D eigenvalue weighted by atomic mass is 10.0. The van der Waals surface area contributed by atoms with Gasteiger partial charge in [0.25, 0.3) is 0 Å². The van der Waals surface area contributed by atoms with Crippen molar-refractivity contribution in [2.75, 3.05) is 6.54 Å². The summed E-state index contributed by atoms with van der Waals surface area (Å²) < 4.78 is 6.74. The molecule has 0 saturated heterocycles. The molecule has 0 amide bonds. The molecule has 1 heterocycles. The predicted molar refractivity (Wildman–Crippen MR) is 73.4 cm³/mol. The third-order valence-corrected chi connectivity index (χ3v) is 3.43. The molecule has 0 bridgehead atoms. The molecule has 0 radical (unpaired) electrons. The van der Waals surface area contributed by atoms with Crippen molar-refractivity contribution in [3.63, 3.8) is 0 Å². The van der Waals surface area contributed by atoms with Gasteiger partial charge in [0.15, 0.2) is 0 Å². The van der Waals surface area contributed by atoms with E-state index >= 15 is 0 Å². The van der Waals surface area contributed by atoms with E-state index in [1.165, 1.54) is 9.13 Å². The highest BCUT2D eigenvalue weighted by molar-refractivity contribution is 14.1. The summed E-state index contributed by atoms with van der Waals surface area (Å²) in [7, 11) is 0. The third kappa shape index (κ3) is 2.47. The van der Waals surface area contributed by atoms with Crippen LogP contribution in [0.25, 0.3) is 0 Å². The lowest BCUT2D eigenvalue weighted by Crippen LogP contribution is -2.22. The molecule has 0 aliphatic rings. The predicted octanol–water partition coefficient (Wildman–Crippen LogP) is 3.58. The molecular weight excluding hydrogens is 313 g/mol. The number of benzene rings is 1. The standard InChI is InChI=1S/C13H14INO/c1-2-15-13(12-8-5-9-16-12)10-6-3-4-7-11(10)14/h3-9,13,15H,2H2,1H3. The Morgan fingerprint density at radius 1 is 1.25 bits per heavy atom. The average Bonchev–Trinajstić information content (AvgIpc) is 2.80. The van der Waals surface area contributed by atoms with Crippen LogP contribution >= 0.6 is 22.6 Å². The van der Waals surface area contributed by atoms with E-state index < -0.39 is 0 Å². The molecule has 1 atom stereocenters. The second-order valence-corrected chi connectivity index (χ2v) is 4.69. The van der Waals surface area contributed by atoms with Crippen LogP contribution in [0.15, 0.2) is 47.1 Å². The van der Waals surface area contributed by atoms with Gasteiger partial charge in [-0.2, -0.15) is 0 Å². The molecule has 2 nitrogen and oxygen atoms in total. The van der Waals surface area contributed by atoms with Crippen molar-refractivity contribution in [3.8, 4) is 0 Å². The van der Waals surface area contributed by atoms with Crippen molar-refractivity contribution in [2.24, 2.45) is 0 Å². The maximum atomic E-state index is 5.49. The first-order valence-electron chi connectivity index (χ1n) is 5.34. The normalized spacial score (nSPS) is 12.6. The van der Waals surface area contributed by atoms with Gasteiger partial charge in [0.2, 0.25) is 0 Å². The monoisotopic (exact) mass is 327 g/mol. The largest absolute Gasteiger partial charge is 0.467 e. The van der Waals surface area contributed by atoms with Gasteiger partial charge in [-0.05, 0) is 52.9 Å². The zero-order valence-electron chi connectivity index (χ0n) is 9.11. The number of halogens is 1. The Bertz CT molecular complexity index is 439. The van der Waals surface area contributed by atoms with Gasteiger partial charge < -0.3 is 9.73 Å². The van der Waals surface area contributed by atoms with Gasteiger partial charge in [-0.25, -0.2) is 0 Å². The van der Waals surface area contributed by atoms with E-state index in [1.54, 1.807) is 6.26 Å². The Kier molecular flexibility index (Phi) is 4.01. The Labute approximate surface area is 109 Å². The summed E-state index contributed by atoms with van der Waals surface area (Å²) in [5, 5.41) is 3.44. The first-order chi connectivity index (χ1) is 7.83. The molecule has 1 aromatic heterocycles. The fourth-order valence-electron chi connectivity index (χ4n) is 1.73. The first-order valence-corrected chi connectivity index (χ1v) is 6.42. The molecular formula is C13H14INO. The van der Waals surface area contributed by atoms with E-state index in [-0.39, 0.29) is 6.04 Å². The molecule has 0 spiro atoms. The van der Waals surface area contributed by atoms with Gasteiger partial charge >= 0.3 is 0 Å². The van der Waals surface area contributed by atoms with Crippen molar-refractivity contribution in [1.82, 2.24) is 5.32 Å². The number of hydrogen-bond donors (Lipinski definition) is 1. The smallest absolute Gasteiger partial charge is 0.125 e. The van der Waals surface area contributed by atoms with Gasteiger partial charge in [0, 0.05) is 3.57 Å². The maximum Gasteiger partial charge on any atom is 0.125 e. The second kappa shape index (κ2) is 5.50. The van der Waals surface area contributed by atoms with Crippen LogP contribution in [0.5, 0.6) is 0 Å². The first kappa shape index (κ1) is 11.7. The van der Waals surface area contributed by atoms with Gasteiger partial charge in [0.1, 0.15) is 5.76 Å². The molecule has 0 fully saturated rings. The highest BCUT2D eigenvalue weighted by atomic mass is 127. The van der Waals surface area contributed by atoms with Gasteiger partial charge in [-0.1, -0.05) is 25.1 Å². The second-order valence-electron chi connectivity index (χ2n) is 3.53. The van der Waals surface area contributed by atoms with E-state index in [0.29, 0.717) is 0 Å². The van der Waals surface area contributed by atoms with Crippen LogP contribution in [0.2, 0.25) is 0 Å². The van der Waals surface area contributed by atoms with E-state index in [1.807, 2.05) is 12.1 Å². The van der Waals surface area contributed by atoms with Crippen LogP contribution in [0.4, 0.5) is 0 Å². The lowest BCUT2D eigenvalue weighted by Gasteiger charge is -2.17. The summed E-state index contributed by atoms with van der Waals surface area (Å²) in [6.45, 7) is 3.02. The van der Waals surface area contributed by atoms with E-state index in [0.717, 1.165) is 12.3 Å². The molecule has 0 saturated carbocycles. The Hall–Kier alpha value is -0.810. The summed E-state index contributed by atoms with van der Waals surface area (Å²) >= 11 is 2.36. The van der Waals surface area contributed by atoms with E-state index in [2.05, 4.69) is 59.1 Å². The average molecular weight is 327 g/mol. The molecule has 3 heteroatoms. The molecule has 1 N–H and O–H groups in total. The number of furan rings is 1. The van der Waals surface area contributed by atoms with Crippen LogP contribution in [0.3, 0.4) is 0 Å². The quantitative estimate of drug-likeness (QED) is 0.869. The highest BCUT2D eigenvalue weighted by Gasteiger charge is 2.17. The summed E-state index contributed by atoms with van der Waals surface area (Å²) in [6.07, 6.45) is 1.72. The van der Waals surface area contributed by atoms with E-state index in [4.69, 9.17) is 4.42 Å². The number of nitrogens with one attached hydrogen (secondary N) is 1. The number of hydrogen-bond acceptors (Lipinski definition) is 2. The van der Waals surface area contributed by atoms with Crippen LogP contribution in [0.1, 0.15) is 24.3 Å². The zero-order valence-corrected chi connectivity index (χ0v) is 11.3. The molecule has 16 heavy (non-hydrogen) atoms. The van der Waals surface area contributed by atoms with Gasteiger partial charge in [-0.3, -0.25) is 0 Å². The summed E-state index contributed by atoms with van der Waals surface area (Å²) in [4.78, 5) is 0. The van der Waals surface area contributed by atoms with Crippen molar-refractivity contribution in [3.05, 3.63) is 57.6 Å². The van der Waals surface area contributed by atoms with E-state index in [9.17, 15) is 0 Å². The van der Waals surface area contributed by atoms with Crippen LogP contribution in [-0.2, 0) is 0 Å². The molecule has 0 aliphatic heterocycles. The minimum Gasteiger partial charge on any atom is -0.467 e. The van der Waals surface area contributed by atoms with Crippen LogP contribution < -0.4 is 5.32 Å². The molecule has 1 aromatic carbocycles. The Balaban J connectivity index is 2.37. The minimum atomic E-state index is 0.146. The zero-order chi connectivity index (χ0) is 11.4. The number of rotatable bonds is 4. The molecule has 0 aliphatic carbocycles. The maximum absolute atomic E-state index is 5.49. The fraction of sp³-hybridized carbons (Fsp3) is 0.231. The van der Waals surface area contributed by atoms with Crippen molar-refractivity contribution >= 4 is 22.6 Å². The summed E-state index contributed by atoms with van der Waals surface area (Å²) in [6, 6.07) is 12.4.